The Morgan fingerprint density at radius 1 is 0.689 bits per heavy atom. The van der Waals surface area contributed by atoms with Crippen molar-refractivity contribution in [2.45, 2.75) is 158 Å². The van der Waals surface area contributed by atoms with Gasteiger partial charge in [0, 0.05) is 87.5 Å². The first-order chi connectivity index (χ1) is 49.1. The zero-order chi connectivity index (χ0) is 75.3. The number of aliphatic imine (C=N–C) groups is 1. The van der Waals surface area contributed by atoms with Crippen molar-refractivity contribution >= 4 is 111 Å². The lowest BCUT2D eigenvalue weighted by Crippen LogP contribution is -2.61. The molecule has 2 aliphatic heterocycles. The summed E-state index contributed by atoms with van der Waals surface area (Å²) in [6.45, 7) is 3.31. The molecule has 2 aliphatic rings. The molecule has 0 aliphatic carbocycles. The van der Waals surface area contributed by atoms with Crippen LogP contribution in [0.15, 0.2) is 101 Å². The van der Waals surface area contributed by atoms with E-state index in [9.17, 15) is 72.7 Å². The lowest BCUT2D eigenvalue weighted by Gasteiger charge is -2.31. The highest BCUT2D eigenvalue weighted by molar-refractivity contribution is 6.30. The maximum absolute atomic E-state index is 14.9. The van der Waals surface area contributed by atoms with E-state index in [1.54, 1.807) is 50.2 Å². The second-order valence-corrected chi connectivity index (χ2v) is 25.6. The number of benzene rings is 3. The Balaban J connectivity index is 1.31. The number of likely N-dealkylation sites (tertiary alicyclic amines) is 1. The number of carbonyl (C=O) groups is 14. The van der Waals surface area contributed by atoms with Gasteiger partial charge in [0.1, 0.15) is 60.4 Å². The number of nitrogens with two attached hydrogens (primary N) is 4. The molecule has 35 nitrogen and oxygen atoms in total. The molecule has 36 heteroatoms. The fraction of sp³-hybridized carbons (Fsp3) is 0.463. The smallest absolute Gasteiger partial charge is 0.245 e. The Kier molecular flexibility index (Phi) is 31.5. The Morgan fingerprint density at radius 3 is 1.95 bits per heavy atom. The predicted octanol–water partition coefficient (Wildman–Crippen LogP) is -2.52. The molecule has 1 unspecified atom stereocenters. The molecule has 14 amide bonds. The first-order valence-corrected chi connectivity index (χ1v) is 33.8. The second-order valence-electron chi connectivity index (χ2n) is 25.2. The third kappa shape index (κ3) is 26.3. The molecule has 0 radical (unpaired) electrons. The highest BCUT2D eigenvalue weighted by Crippen LogP contribution is 2.22. The van der Waals surface area contributed by atoms with E-state index in [-0.39, 0.29) is 89.4 Å². The minimum Gasteiger partial charge on any atom is -0.370 e. The van der Waals surface area contributed by atoms with Crippen LogP contribution in [0, 0.1) is 5.92 Å². The number of hydrogen-bond donors (Lipinski definition) is 15. The number of rotatable bonds is 28. The minimum absolute atomic E-state index is 0.00527. The van der Waals surface area contributed by atoms with Crippen molar-refractivity contribution in [2.75, 3.05) is 32.7 Å². The molecule has 1 aromatic heterocycles. The van der Waals surface area contributed by atoms with Crippen molar-refractivity contribution in [3.8, 4) is 0 Å². The highest BCUT2D eigenvalue weighted by atomic mass is 35.5. The van der Waals surface area contributed by atoms with Crippen LogP contribution in [0.4, 0.5) is 0 Å². The topological polar surface area (TPSA) is 553 Å². The van der Waals surface area contributed by atoms with Gasteiger partial charge in [0.05, 0.1) is 6.54 Å². The first kappa shape index (κ1) is 80.7. The van der Waals surface area contributed by atoms with Gasteiger partial charge in [0.25, 0.3) is 0 Å². The third-order valence-corrected chi connectivity index (χ3v) is 16.9. The summed E-state index contributed by atoms with van der Waals surface area (Å²) in [7, 11) is 0. The monoisotopic (exact) mass is 1450 g/mol. The number of carbonyl (C=O) groups excluding carboxylic acids is 14. The van der Waals surface area contributed by atoms with E-state index >= 15 is 0 Å². The average Bonchev–Trinajstić information content (AvgIpc) is 1.82. The van der Waals surface area contributed by atoms with Gasteiger partial charge in [-0.2, -0.15) is 0 Å². The zero-order valence-electron chi connectivity index (χ0n) is 57.1. The number of halogens is 1. The van der Waals surface area contributed by atoms with Gasteiger partial charge in [-0.3, -0.25) is 77.1 Å². The Hall–Kier alpha value is -11.3. The Morgan fingerprint density at radius 2 is 1.32 bits per heavy atom. The molecule has 2 saturated heterocycles. The minimum atomic E-state index is -2.07. The molecule has 0 spiro atoms. The number of amides is 14. The summed E-state index contributed by atoms with van der Waals surface area (Å²) in [6, 6.07) is 7.14. The normalized spacial score (nSPS) is 19.1. The Bertz CT molecular complexity index is 3820. The lowest BCUT2D eigenvalue weighted by atomic mass is 9.99. The molecule has 2 fully saturated rings. The fourth-order valence-corrected chi connectivity index (χ4v) is 11.6. The molecule has 3 aromatic carbocycles. The molecular weight excluding hydrogens is 1360 g/mol. The van der Waals surface area contributed by atoms with Crippen LogP contribution in [0.1, 0.15) is 95.2 Å². The van der Waals surface area contributed by atoms with Crippen LogP contribution in [0.5, 0.6) is 0 Å². The van der Waals surface area contributed by atoms with Gasteiger partial charge in [0.2, 0.25) is 82.7 Å². The molecule has 4 aromatic rings. The number of primary amides is 1. The van der Waals surface area contributed by atoms with E-state index in [0.717, 1.165) is 10.8 Å². The molecule has 103 heavy (non-hydrogen) atoms. The van der Waals surface area contributed by atoms with Crippen LogP contribution >= 0.6 is 11.6 Å². The molecule has 0 saturated carbocycles. The summed E-state index contributed by atoms with van der Waals surface area (Å²) in [5, 5.41) is 33.4. The number of azide groups is 1. The summed E-state index contributed by atoms with van der Waals surface area (Å²) in [5.41, 5.74) is 33.1. The van der Waals surface area contributed by atoms with Crippen molar-refractivity contribution in [1.82, 2.24) is 68.4 Å². The van der Waals surface area contributed by atoms with E-state index in [4.69, 9.17) is 34.5 Å². The maximum Gasteiger partial charge on any atom is 0.245 e. The quantitative estimate of drug-likeness (QED) is 0.00697. The number of pyridine rings is 1. The molecule has 3 heterocycles. The summed E-state index contributed by atoms with van der Waals surface area (Å²) in [4.78, 5) is 208. The van der Waals surface area contributed by atoms with Gasteiger partial charge >= 0.3 is 0 Å². The van der Waals surface area contributed by atoms with Crippen molar-refractivity contribution in [3.05, 3.63) is 123 Å². The van der Waals surface area contributed by atoms with Gasteiger partial charge in [-0.05, 0) is 107 Å². The van der Waals surface area contributed by atoms with Crippen molar-refractivity contribution in [3.63, 3.8) is 0 Å². The maximum atomic E-state index is 14.9. The summed E-state index contributed by atoms with van der Waals surface area (Å²) in [6.07, 6.45) is -0.240. The van der Waals surface area contributed by atoms with E-state index in [0.29, 0.717) is 28.1 Å². The van der Waals surface area contributed by atoms with Gasteiger partial charge in [0.15, 0.2) is 5.96 Å². The van der Waals surface area contributed by atoms with Crippen molar-refractivity contribution in [1.29, 1.82) is 0 Å². The predicted molar refractivity (Wildman–Crippen MR) is 375 cm³/mol. The standard InChI is InChI=1S/C67H88ClN21O14/c1-36(2)27-47-60(97)81-46(66(103)89-26-8-13-53(89)65(102)86-52(33-69)57(70)94)22-25-75-56(93)35-77-54(91)21-20-45(59(96)79-44(58(95)82-47)12-7-24-76-67(71)72)80-64(101)51(32-55(92)87-88-73)85-63(100)50(31-40-9-6-23-74-34-40)84-62(99)49(29-38-15-18-43(68)19-16-38)83-61(98)48(78-37(3)90)30-39-14-17-41-10-4-5-11-42(41)28-39/h4-6,9-11,14-19,23,28,34,36,44-53H,7-8,12-13,20-22,24-27,29-33,35,69H2,1-3H3,(H2,70,94)(H,75,93)(H,77,91)(H,78,90)(H,79,96)(H,80,101)(H,81,97)(H,82,95)(H,83,98)(H,84,99)(H,85,100)(H,86,102)(H4,71,72,76)/t44-,45+,46+,47+,48-,49-,50-,51+,52?,53+/m1/s1. The molecule has 10 atom stereocenters. The summed E-state index contributed by atoms with van der Waals surface area (Å²) in [5.74, 6) is -13.9. The van der Waals surface area contributed by atoms with Crippen molar-refractivity contribution in [2.24, 2.45) is 39.0 Å². The van der Waals surface area contributed by atoms with Gasteiger partial charge < -0.3 is 86.3 Å². The van der Waals surface area contributed by atoms with Crippen LogP contribution < -0.4 is 81.4 Å². The van der Waals surface area contributed by atoms with Gasteiger partial charge in [-0.25, -0.2) is 0 Å². The molecule has 552 valence electrons. The molecule has 0 bridgehead atoms. The molecule has 19 N–H and O–H groups in total. The summed E-state index contributed by atoms with van der Waals surface area (Å²) < 4.78 is 0. The largest absolute Gasteiger partial charge is 0.370 e. The number of nitrogens with zero attached hydrogens (tertiary/aromatic N) is 6. The van der Waals surface area contributed by atoms with Gasteiger partial charge in [-0.1, -0.05) is 86.1 Å². The fourth-order valence-electron chi connectivity index (χ4n) is 11.4. The van der Waals surface area contributed by atoms with E-state index in [1.165, 1.54) is 30.3 Å². The highest BCUT2D eigenvalue weighted by Gasteiger charge is 2.41. The van der Waals surface area contributed by atoms with E-state index in [2.05, 4.69) is 78.5 Å². The Labute approximate surface area is 597 Å². The number of hydrogen-bond acceptors (Lipinski definition) is 17. The second kappa shape index (κ2) is 40.2. The van der Waals surface area contributed by atoms with Crippen LogP contribution in [0.3, 0.4) is 0 Å². The molecule has 6 rings (SSSR count). The van der Waals surface area contributed by atoms with Crippen LogP contribution in [-0.2, 0) is 86.4 Å². The summed E-state index contributed by atoms with van der Waals surface area (Å²) >= 11 is 6.22. The van der Waals surface area contributed by atoms with E-state index in [1.807, 2.05) is 36.4 Å². The van der Waals surface area contributed by atoms with Crippen LogP contribution in [0.2, 0.25) is 5.02 Å². The SMILES string of the molecule is CC(=O)N[C@H](Cc1ccc2ccccc2c1)C(=O)N[C@H](Cc1ccc(Cl)cc1)C(=O)N[C@H](Cc1cccnc1)C(=O)N[C@@H](CC(=O)N=[N+]=[N-])C(=O)N[C@H]1CCC(=O)NCC(=O)NCC[C@@H](C(=O)N2CCC[C@H]2C(=O)NC(CN)C(N)=O)NC(=O)[C@H](CC(C)C)NC(=O)[C@@H](CCCN=C(N)N)NC1=O. The van der Waals surface area contributed by atoms with Crippen LogP contribution in [-0.4, -0.2) is 192 Å². The number of fused-ring (bicyclic) bond motifs is 1. The molecular formula is C67H88ClN21O14. The first-order valence-electron chi connectivity index (χ1n) is 33.4. The van der Waals surface area contributed by atoms with Gasteiger partial charge in [-0.15, -0.1) is 0 Å². The number of nitrogens with one attached hydrogen (secondary N) is 11. The zero-order valence-corrected chi connectivity index (χ0v) is 57.9. The average molecular weight is 1450 g/mol. The van der Waals surface area contributed by atoms with Crippen LogP contribution in [0.25, 0.3) is 21.2 Å². The van der Waals surface area contributed by atoms with E-state index < -0.39 is 169 Å². The number of aromatic nitrogens is 1. The third-order valence-electron chi connectivity index (χ3n) is 16.7. The lowest BCUT2D eigenvalue weighted by molar-refractivity contribution is -0.142. The number of guanidine groups is 1. The van der Waals surface area contributed by atoms with Crippen molar-refractivity contribution < 1.29 is 67.1 Å².